The number of benzene rings is 2. The van der Waals surface area contributed by atoms with Gasteiger partial charge in [0.05, 0.1) is 10.6 Å². The highest BCUT2D eigenvalue weighted by atomic mass is 32.1. The molecule has 0 atom stereocenters. The van der Waals surface area contributed by atoms with Gasteiger partial charge in [0.15, 0.2) is 5.82 Å². The maximum atomic E-state index is 4.83. The van der Waals surface area contributed by atoms with Crippen molar-refractivity contribution >= 4 is 11.3 Å². The van der Waals surface area contributed by atoms with E-state index in [2.05, 4.69) is 67.5 Å². The molecule has 2 aromatic heterocycles. The Hall–Kier alpha value is -2.78. The molecule has 0 bridgehead atoms. The van der Waals surface area contributed by atoms with Crippen LogP contribution in [0.2, 0.25) is 0 Å². The zero-order valence-corrected chi connectivity index (χ0v) is 16.0. The molecule has 0 spiro atoms. The van der Waals surface area contributed by atoms with Crippen LogP contribution in [0.1, 0.15) is 16.7 Å². The van der Waals surface area contributed by atoms with Crippen LogP contribution in [-0.2, 0) is 0 Å². The maximum Gasteiger partial charge on any atom is 0.160 e. The van der Waals surface area contributed by atoms with Gasteiger partial charge in [-0.05, 0) is 66.1 Å². The Morgan fingerprint density at radius 3 is 2.31 bits per heavy atom. The van der Waals surface area contributed by atoms with Crippen molar-refractivity contribution in [2.24, 2.45) is 0 Å². The number of aryl methyl sites for hydroxylation is 3. The average molecular weight is 356 g/mol. The van der Waals surface area contributed by atoms with Gasteiger partial charge in [-0.2, -0.15) is 0 Å². The van der Waals surface area contributed by atoms with Gasteiger partial charge >= 0.3 is 0 Å². The van der Waals surface area contributed by atoms with Crippen molar-refractivity contribution in [3.63, 3.8) is 0 Å². The first-order valence-electron chi connectivity index (χ1n) is 8.68. The number of rotatable bonds is 3. The quantitative estimate of drug-likeness (QED) is 0.421. The summed E-state index contributed by atoms with van der Waals surface area (Å²) in [5.74, 6) is 0.780. The Bertz CT molecular complexity index is 1060. The highest BCUT2D eigenvalue weighted by Crippen LogP contribution is 2.35. The molecule has 0 radical (unpaired) electrons. The summed E-state index contributed by atoms with van der Waals surface area (Å²) in [6.45, 7) is 6.43. The molecule has 26 heavy (non-hydrogen) atoms. The van der Waals surface area contributed by atoms with Crippen molar-refractivity contribution in [1.29, 1.82) is 0 Å². The summed E-state index contributed by atoms with van der Waals surface area (Å²) < 4.78 is 0. The third-order valence-electron chi connectivity index (χ3n) is 4.66. The van der Waals surface area contributed by atoms with Gasteiger partial charge in [-0.15, -0.1) is 11.3 Å². The van der Waals surface area contributed by atoms with Gasteiger partial charge in [-0.3, -0.25) is 0 Å². The molecule has 0 saturated carbocycles. The first-order chi connectivity index (χ1) is 12.6. The third-order valence-corrected chi connectivity index (χ3v) is 5.62. The van der Waals surface area contributed by atoms with Gasteiger partial charge in [0.2, 0.25) is 0 Å². The standard InChI is InChI=1S/C23H20N2S/c1-15-7-4-5-10-19(15)23-24-12-11-20(25-23)21-13-18(14-26-21)22-16(2)8-6-9-17(22)3/h4-14H,1-3H3. The molecular formula is C23H20N2S. The van der Waals surface area contributed by atoms with Crippen LogP contribution >= 0.6 is 11.3 Å². The molecule has 3 heteroatoms. The van der Waals surface area contributed by atoms with Crippen LogP contribution in [0.5, 0.6) is 0 Å². The molecule has 0 aliphatic carbocycles. The first kappa shape index (κ1) is 16.7. The lowest BCUT2D eigenvalue weighted by atomic mass is 9.98. The van der Waals surface area contributed by atoms with Crippen LogP contribution in [-0.4, -0.2) is 9.97 Å². The lowest BCUT2D eigenvalue weighted by Crippen LogP contribution is -1.92. The monoisotopic (exact) mass is 356 g/mol. The molecular weight excluding hydrogens is 336 g/mol. The molecule has 0 aliphatic heterocycles. The predicted molar refractivity (Wildman–Crippen MR) is 110 cm³/mol. The van der Waals surface area contributed by atoms with Gasteiger partial charge in [0.25, 0.3) is 0 Å². The highest BCUT2D eigenvalue weighted by molar-refractivity contribution is 7.14. The Balaban J connectivity index is 1.75. The minimum absolute atomic E-state index is 0.780. The Morgan fingerprint density at radius 1 is 0.808 bits per heavy atom. The van der Waals surface area contributed by atoms with Gasteiger partial charge < -0.3 is 0 Å². The zero-order chi connectivity index (χ0) is 18.1. The van der Waals surface area contributed by atoms with Crippen molar-refractivity contribution < 1.29 is 0 Å². The van der Waals surface area contributed by atoms with E-state index < -0.39 is 0 Å². The molecule has 2 aromatic carbocycles. The van der Waals surface area contributed by atoms with Gasteiger partial charge in [-0.1, -0.05) is 42.5 Å². The minimum Gasteiger partial charge on any atom is -0.237 e. The number of thiophene rings is 1. The van der Waals surface area contributed by atoms with Crippen molar-refractivity contribution in [3.8, 4) is 33.1 Å². The summed E-state index contributed by atoms with van der Waals surface area (Å²) >= 11 is 1.73. The summed E-state index contributed by atoms with van der Waals surface area (Å²) in [6, 6.07) is 18.9. The first-order valence-corrected chi connectivity index (χ1v) is 9.56. The molecule has 0 saturated heterocycles. The van der Waals surface area contributed by atoms with Crippen LogP contribution in [0.25, 0.3) is 33.1 Å². The molecule has 2 nitrogen and oxygen atoms in total. The predicted octanol–water partition coefficient (Wildman–Crippen LogP) is 6.46. The fourth-order valence-electron chi connectivity index (χ4n) is 3.32. The zero-order valence-electron chi connectivity index (χ0n) is 15.2. The van der Waals surface area contributed by atoms with Crippen molar-refractivity contribution in [1.82, 2.24) is 9.97 Å². The van der Waals surface area contributed by atoms with E-state index in [0.717, 1.165) is 17.1 Å². The lowest BCUT2D eigenvalue weighted by molar-refractivity contribution is 1.17. The summed E-state index contributed by atoms with van der Waals surface area (Å²) in [5.41, 5.74) is 8.43. The molecule has 0 aliphatic rings. The van der Waals surface area contributed by atoms with Crippen LogP contribution < -0.4 is 0 Å². The molecule has 0 amide bonds. The van der Waals surface area contributed by atoms with Crippen molar-refractivity contribution in [2.75, 3.05) is 0 Å². The molecule has 0 unspecified atom stereocenters. The largest absolute Gasteiger partial charge is 0.237 e. The summed E-state index contributed by atoms with van der Waals surface area (Å²) in [6.07, 6.45) is 1.85. The Kier molecular flexibility index (Phi) is 4.39. The number of aromatic nitrogens is 2. The van der Waals surface area contributed by atoms with Crippen molar-refractivity contribution in [2.45, 2.75) is 20.8 Å². The molecule has 4 rings (SSSR count). The Labute approximate surface area is 158 Å². The lowest BCUT2D eigenvalue weighted by Gasteiger charge is -2.07. The second-order valence-corrected chi connectivity index (χ2v) is 7.46. The van der Waals surface area contributed by atoms with E-state index in [1.54, 1.807) is 11.3 Å². The summed E-state index contributed by atoms with van der Waals surface area (Å²) in [7, 11) is 0. The van der Waals surface area contributed by atoms with Gasteiger partial charge in [0.1, 0.15) is 0 Å². The van der Waals surface area contributed by atoms with E-state index in [0.29, 0.717) is 0 Å². The topological polar surface area (TPSA) is 25.8 Å². The van der Waals surface area contributed by atoms with E-state index >= 15 is 0 Å². The van der Waals surface area contributed by atoms with E-state index in [1.165, 1.54) is 32.7 Å². The molecule has 2 heterocycles. The summed E-state index contributed by atoms with van der Waals surface area (Å²) in [5, 5.41) is 2.22. The number of hydrogen-bond donors (Lipinski definition) is 0. The van der Waals surface area contributed by atoms with Gasteiger partial charge in [0, 0.05) is 11.8 Å². The summed E-state index contributed by atoms with van der Waals surface area (Å²) in [4.78, 5) is 10.5. The fraction of sp³-hybridized carbons (Fsp3) is 0.130. The minimum atomic E-state index is 0.780. The van der Waals surface area contributed by atoms with Gasteiger partial charge in [-0.25, -0.2) is 9.97 Å². The average Bonchev–Trinajstić information content (AvgIpc) is 3.12. The molecule has 4 aromatic rings. The number of nitrogens with zero attached hydrogens (tertiary/aromatic N) is 2. The second-order valence-electron chi connectivity index (χ2n) is 6.55. The van der Waals surface area contributed by atoms with Crippen LogP contribution in [0.15, 0.2) is 66.2 Å². The SMILES string of the molecule is Cc1ccccc1-c1nccc(-c2cc(-c3c(C)cccc3C)cs2)n1. The smallest absolute Gasteiger partial charge is 0.160 e. The molecule has 0 N–H and O–H groups in total. The van der Waals surface area contributed by atoms with E-state index in [-0.39, 0.29) is 0 Å². The highest BCUT2D eigenvalue weighted by Gasteiger charge is 2.11. The normalized spacial score (nSPS) is 10.9. The van der Waals surface area contributed by atoms with Crippen LogP contribution in [0, 0.1) is 20.8 Å². The Morgan fingerprint density at radius 2 is 1.54 bits per heavy atom. The molecule has 128 valence electrons. The fourth-order valence-corrected chi connectivity index (χ4v) is 4.19. The maximum absolute atomic E-state index is 4.83. The molecule has 0 fully saturated rings. The van der Waals surface area contributed by atoms with E-state index in [4.69, 9.17) is 4.98 Å². The second kappa shape index (κ2) is 6.85. The van der Waals surface area contributed by atoms with Crippen LogP contribution in [0.4, 0.5) is 0 Å². The van der Waals surface area contributed by atoms with Crippen molar-refractivity contribution in [3.05, 3.63) is 82.9 Å². The third kappa shape index (κ3) is 3.06. The van der Waals surface area contributed by atoms with E-state index in [9.17, 15) is 0 Å². The van der Waals surface area contributed by atoms with Crippen LogP contribution in [0.3, 0.4) is 0 Å². The number of hydrogen-bond acceptors (Lipinski definition) is 3. The van der Waals surface area contributed by atoms with E-state index in [1.807, 2.05) is 24.4 Å².